The first-order chi connectivity index (χ1) is 53.7. The van der Waals surface area contributed by atoms with Crippen LogP contribution in [0, 0.1) is 23.7 Å². The molecule has 0 radical (unpaired) electrons. The Balaban J connectivity index is 3.04. The Kier molecular flexibility index (Phi) is 51.1. The van der Waals surface area contributed by atoms with Gasteiger partial charge >= 0.3 is 5.97 Å². The molecule has 0 aliphatic carbocycles. The maximum atomic E-state index is 15.0. The van der Waals surface area contributed by atoms with Crippen LogP contribution >= 0.6 is 0 Å². The molecule has 0 bridgehead atoms. The minimum absolute atomic E-state index is 0.00334. The Morgan fingerprint density at radius 1 is 0.442 bits per heavy atom. The first-order valence-electron chi connectivity index (χ1n) is 41.5. The third-order valence-electron chi connectivity index (χ3n) is 19.7. The molecule has 0 aromatic rings. The zero-order valence-corrected chi connectivity index (χ0v) is 68.8. The number of nitrogens with two attached hydrogens (primary N) is 7. The fourth-order valence-corrected chi connectivity index (χ4v) is 13.5. The zero-order chi connectivity index (χ0) is 84.5. The van der Waals surface area contributed by atoms with E-state index in [4.69, 9.17) is 40.1 Å². The van der Waals surface area contributed by atoms with Gasteiger partial charge in [-0.15, -0.1) is 0 Å². The molecule has 27 N–H and O–H groups in total. The van der Waals surface area contributed by atoms with Crippen LogP contribution in [0.15, 0.2) is 12.2 Å². The van der Waals surface area contributed by atoms with E-state index in [1.54, 1.807) is 26.0 Å². The molecule has 0 unspecified atom stereocenters. The number of rotatable bonds is 41. The highest BCUT2D eigenvalue weighted by Crippen LogP contribution is 2.22. The van der Waals surface area contributed by atoms with Crippen molar-refractivity contribution in [3.05, 3.63) is 12.2 Å². The lowest BCUT2D eigenvalue weighted by molar-refractivity contribution is -0.143. The summed E-state index contributed by atoms with van der Waals surface area (Å²) in [4.78, 5) is 203. The molecule has 0 aromatic heterocycles. The molecule has 1 fully saturated rings. The fraction of sp³-hybridized carbons (Fsp3) is 0.795. The standard InChI is InChI=1S/C78H144N20O15/c1-48(2)43-52(85)66(100)88-54(30-15-21-37-80)68(102)89-55-27-12-10-9-11-13-28-56(70(104)92-59(33-18-24-40-83)73(107)97-63(78(112)113)46-51(7)8)90-71(105)57(31-16-22-38-81)93-74(108)61(44-49(3)4)95-67(101)53(29-14-20-36-79)87-65(99)47-86-76(110)64-35-26-42-98(64)77(111)60(34-19-25-41-84)94-75(109)62(45-50(5)6)96-72(106)58(91-69(55)103)32-17-23-39-82/h9-10,48-64H,11-47,79-85H2,1-8H3,(H,86,110)(H,87,99)(H,88,100)(H,89,102)(H,90,105)(H,91,103)(H,92,104)(H,93,108)(H,94,109)(H,95,101)(H,96,106)(H,97,107)(H,112,113)/b10-9+/t52-,53-,54-,55-,56-,57-,58-,59-,60-,61-,62-,63-,64+/m0/s1. The van der Waals surface area contributed by atoms with E-state index in [1.165, 1.54) is 4.90 Å². The van der Waals surface area contributed by atoms with Gasteiger partial charge in [0.25, 0.3) is 0 Å². The Bertz CT molecular complexity index is 2980. The highest BCUT2D eigenvalue weighted by molar-refractivity contribution is 6.00. The summed E-state index contributed by atoms with van der Waals surface area (Å²) >= 11 is 0. The maximum Gasteiger partial charge on any atom is 0.326 e. The van der Waals surface area contributed by atoms with Crippen LogP contribution in [-0.4, -0.2) is 224 Å². The molecule has 0 aromatic carbocycles. The third-order valence-corrected chi connectivity index (χ3v) is 19.7. The Hall–Kier alpha value is -7.96. The van der Waals surface area contributed by atoms with Crippen molar-refractivity contribution < 1.29 is 72.2 Å². The van der Waals surface area contributed by atoms with Crippen molar-refractivity contribution >= 4 is 82.8 Å². The highest BCUT2D eigenvalue weighted by atomic mass is 16.4. The molecular formula is C78H144N20O15. The number of carboxylic acid groups (broad SMARTS) is 1. The second kappa shape index (κ2) is 57.1. The van der Waals surface area contributed by atoms with Gasteiger partial charge < -0.3 is 114 Å². The van der Waals surface area contributed by atoms with Crippen LogP contribution in [0.25, 0.3) is 0 Å². The number of amides is 13. The van der Waals surface area contributed by atoms with E-state index >= 15 is 4.79 Å². The molecule has 0 spiro atoms. The van der Waals surface area contributed by atoms with Crippen molar-refractivity contribution in [2.45, 2.75) is 320 Å². The van der Waals surface area contributed by atoms with E-state index in [0.717, 1.165) is 0 Å². The largest absolute Gasteiger partial charge is 0.480 e. The van der Waals surface area contributed by atoms with Gasteiger partial charge in [0.05, 0.1) is 12.6 Å². The quantitative estimate of drug-likeness (QED) is 0.0266. The fourth-order valence-electron chi connectivity index (χ4n) is 13.5. The average molecular weight is 1600 g/mol. The molecular weight excluding hydrogens is 1460 g/mol. The summed E-state index contributed by atoms with van der Waals surface area (Å²) in [7, 11) is 0. The van der Waals surface area contributed by atoms with Crippen molar-refractivity contribution in [2.24, 2.45) is 63.8 Å². The van der Waals surface area contributed by atoms with E-state index in [2.05, 4.69) is 63.8 Å². The summed E-state index contributed by atoms with van der Waals surface area (Å²) in [5.74, 6) is -11.5. The van der Waals surface area contributed by atoms with Crippen LogP contribution < -0.4 is 104 Å². The van der Waals surface area contributed by atoms with Gasteiger partial charge in [0.1, 0.15) is 72.5 Å². The SMILES string of the molecule is CC(C)C[C@H](NC(=O)[C@H](CCCCN)NC(=O)[C@@H]1CCC/C=C/CC[C@H](NC(=O)[C@H](CCCCN)NC(=O)[C@@H](N)CC(C)C)C(=O)N[C@@H](CCCCN)C(=O)N[C@@H](CC(C)C)C(=O)N[C@@H](CCCCN)C(=O)N2CCC[C@@H]2C(=O)NCC(=O)N[C@@H](CCCCN)C(=O)N[C@@H](CC(C)C)C(=O)N[C@@H](CCCCN)C(=O)N1)C(=O)O. The zero-order valence-electron chi connectivity index (χ0n) is 68.8. The number of unbranched alkanes of at least 4 members (excludes halogenated alkanes) is 6. The Labute approximate surface area is 669 Å². The van der Waals surface area contributed by atoms with Crippen LogP contribution in [0.2, 0.25) is 0 Å². The number of carbonyl (C=O) groups excluding carboxylic acids is 13. The van der Waals surface area contributed by atoms with Gasteiger partial charge in [-0.05, 0) is 249 Å². The summed E-state index contributed by atoms with van der Waals surface area (Å²) in [6, 6.07) is -16.4. The van der Waals surface area contributed by atoms with Gasteiger partial charge in [-0.25, -0.2) is 4.79 Å². The van der Waals surface area contributed by atoms with Crippen molar-refractivity contribution in [1.82, 2.24) is 68.7 Å². The monoisotopic (exact) mass is 1600 g/mol. The van der Waals surface area contributed by atoms with Gasteiger partial charge in [-0.3, -0.25) is 62.3 Å². The van der Waals surface area contributed by atoms with E-state index in [-0.39, 0.29) is 166 Å². The summed E-state index contributed by atoms with van der Waals surface area (Å²) in [6.45, 7) is 15.6. The predicted molar refractivity (Wildman–Crippen MR) is 432 cm³/mol. The summed E-state index contributed by atoms with van der Waals surface area (Å²) in [6.07, 6.45) is 10.1. The van der Waals surface area contributed by atoms with Gasteiger partial charge in [-0.1, -0.05) is 67.5 Å². The molecule has 2 heterocycles. The number of carboxylic acids is 1. The van der Waals surface area contributed by atoms with Crippen LogP contribution in [0.1, 0.15) is 242 Å². The second-order valence-corrected chi connectivity index (χ2v) is 31.8. The smallest absolute Gasteiger partial charge is 0.326 e. The van der Waals surface area contributed by atoms with Crippen molar-refractivity contribution in [1.29, 1.82) is 0 Å². The summed E-state index contributed by atoms with van der Waals surface area (Å²) in [5.41, 5.74) is 41.6. The lowest BCUT2D eigenvalue weighted by Crippen LogP contribution is -2.60. The third kappa shape index (κ3) is 40.8. The minimum atomic E-state index is -1.41. The van der Waals surface area contributed by atoms with E-state index < -0.39 is 168 Å². The number of carbonyl (C=O) groups is 14. The summed E-state index contributed by atoms with van der Waals surface area (Å²) in [5, 5.41) is 43.3. The van der Waals surface area contributed by atoms with E-state index in [1.807, 2.05) is 41.5 Å². The molecule has 0 saturated carbocycles. The predicted octanol–water partition coefficient (Wildman–Crippen LogP) is -0.683. The van der Waals surface area contributed by atoms with Gasteiger partial charge in [0.15, 0.2) is 0 Å². The number of nitrogens with one attached hydrogen (secondary N) is 12. The number of fused-ring (bicyclic) bond motifs is 1. The maximum absolute atomic E-state index is 15.0. The average Bonchev–Trinajstić information content (AvgIpc) is 1.71. The molecule has 2 aliphatic rings. The first kappa shape index (κ1) is 101. The molecule has 1 saturated heterocycles. The van der Waals surface area contributed by atoms with Crippen molar-refractivity contribution in [3.63, 3.8) is 0 Å². The Morgan fingerprint density at radius 3 is 1.35 bits per heavy atom. The molecule has 13 amide bonds. The number of allylic oxidation sites excluding steroid dienone is 2. The molecule has 35 heteroatoms. The highest BCUT2D eigenvalue weighted by Gasteiger charge is 2.41. The minimum Gasteiger partial charge on any atom is -0.480 e. The molecule has 2 rings (SSSR count). The van der Waals surface area contributed by atoms with Crippen molar-refractivity contribution in [2.75, 3.05) is 52.4 Å². The molecule has 13 atom stereocenters. The molecule has 2 aliphatic heterocycles. The van der Waals surface area contributed by atoms with Crippen LogP contribution in [0.3, 0.4) is 0 Å². The van der Waals surface area contributed by atoms with Gasteiger partial charge in [0.2, 0.25) is 76.8 Å². The van der Waals surface area contributed by atoms with Crippen LogP contribution in [-0.2, 0) is 67.1 Å². The molecule has 113 heavy (non-hydrogen) atoms. The lowest BCUT2D eigenvalue weighted by Gasteiger charge is -2.31. The van der Waals surface area contributed by atoms with E-state index in [0.29, 0.717) is 89.9 Å². The Morgan fingerprint density at radius 2 is 0.867 bits per heavy atom. The topological polar surface area (TPSA) is 589 Å². The second-order valence-electron chi connectivity index (χ2n) is 31.8. The number of hydrogen-bond acceptors (Lipinski definition) is 21. The normalized spacial score (nSPS) is 23.0. The van der Waals surface area contributed by atoms with Crippen molar-refractivity contribution in [3.8, 4) is 0 Å². The molecule has 646 valence electrons. The van der Waals surface area contributed by atoms with Gasteiger partial charge in [-0.2, -0.15) is 0 Å². The number of hydrogen-bond donors (Lipinski definition) is 20. The lowest BCUT2D eigenvalue weighted by atomic mass is 10.00. The first-order valence-corrected chi connectivity index (χ1v) is 41.5. The van der Waals surface area contributed by atoms with Crippen LogP contribution in [0.4, 0.5) is 0 Å². The summed E-state index contributed by atoms with van der Waals surface area (Å²) < 4.78 is 0. The van der Waals surface area contributed by atoms with Gasteiger partial charge in [0, 0.05) is 6.54 Å². The number of nitrogens with zero attached hydrogens (tertiary/aromatic N) is 1. The number of aliphatic carboxylic acids is 1. The van der Waals surface area contributed by atoms with Crippen LogP contribution in [0.5, 0.6) is 0 Å². The molecule has 35 nitrogen and oxygen atoms in total. The van der Waals surface area contributed by atoms with E-state index in [9.17, 15) is 67.4 Å².